The molecular formula is C26H33F3N8O2. The highest BCUT2D eigenvalue weighted by Gasteiger charge is 2.30. The number of benzene rings is 1. The van der Waals surface area contributed by atoms with Gasteiger partial charge < -0.3 is 24.8 Å². The summed E-state index contributed by atoms with van der Waals surface area (Å²) < 4.78 is 46.1. The zero-order valence-electron chi connectivity index (χ0n) is 21.7. The van der Waals surface area contributed by atoms with Gasteiger partial charge in [0.15, 0.2) is 17.0 Å². The molecule has 210 valence electrons. The first-order valence-corrected chi connectivity index (χ1v) is 13.3. The number of hydrogen-bond donors (Lipinski definition) is 2. The molecule has 2 aliphatic rings. The van der Waals surface area contributed by atoms with Crippen molar-refractivity contribution in [2.45, 2.75) is 32.0 Å². The summed E-state index contributed by atoms with van der Waals surface area (Å²) in [6, 6.07) is 5.10. The second-order valence-electron chi connectivity index (χ2n) is 9.78. The molecule has 10 nitrogen and oxygen atoms in total. The molecule has 0 bridgehead atoms. The number of likely N-dealkylation sites (tertiary alicyclic amines) is 1. The van der Waals surface area contributed by atoms with Crippen molar-refractivity contribution in [3.8, 4) is 0 Å². The number of aromatic nitrogens is 4. The number of nitrogens with zero attached hydrogens (tertiary/aromatic N) is 6. The fourth-order valence-corrected chi connectivity index (χ4v) is 4.83. The quantitative estimate of drug-likeness (QED) is 0.354. The van der Waals surface area contributed by atoms with Crippen LogP contribution in [-0.4, -0.2) is 94.3 Å². The largest absolute Gasteiger partial charge is 0.416 e. The first kappa shape index (κ1) is 27.1. The number of anilines is 2. The Hall–Kier alpha value is -3.45. The molecule has 2 N–H and O–H groups in total. The van der Waals surface area contributed by atoms with E-state index in [1.54, 1.807) is 10.9 Å². The van der Waals surface area contributed by atoms with Gasteiger partial charge in [-0.25, -0.2) is 4.98 Å². The number of ether oxygens (including phenoxy) is 1. The number of carbonyl (C=O) groups is 1. The van der Waals surface area contributed by atoms with Crippen molar-refractivity contribution in [2.75, 3.05) is 69.7 Å². The Balaban J connectivity index is 1.30. The average molecular weight is 547 g/mol. The van der Waals surface area contributed by atoms with Crippen LogP contribution in [0.15, 0.2) is 30.6 Å². The van der Waals surface area contributed by atoms with Crippen molar-refractivity contribution >= 4 is 28.8 Å². The molecule has 39 heavy (non-hydrogen) atoms. The zero-order chi connectivity index (χ0) is 27.2. The maximum atomic E-state index is 13.0. The topological polar surface area (TPSA) is 100 Å². The van der Waals surface area contributed by atoms with Crippen molar-refractivity contribution in [3.05, 3.63) is 41.7 Å². The summed E-state index contributed by atoms with van der Waals surface area (Å²) in [5, 5.41) is 6.66. The van der Waals surface area contributed by atoms with E-state index < -0.39 is 11.7 Å². The highest BCUT2D eigenvalue weighted by Crippen LogP contribution is 2.29. The predicted molar refractivity (Wildman–Crippen MR) is 141 cm³/mol. The molecule has 0 unspecified atom stereocenters. The van der Waals surface area contributed by atoms with Gasteiger partial charge in [-0.3, -0.25) is 9.69 Å². The Labute approximate surface area is 224 Å². The Morgan fingerprint density at radius 3 is 2.49 bits per heavy atom. The van der Waals surface area contributed by atoms with Crippen molar-refractivity contribution in [3.63, 3.8) is 0 Å². The summed E-state index contributed by atoms with van der Waals surface area (Å²) in [7, 11) is 0. The Bertz CT molecular complexity index is 1260. The lowest BCUT2D eigenvalue weighted by atomic mass is 10.1. The highest BCUT2D eigenvalue weighted by atomic mass is 19.4. The molecule has 1 amide bonds. The van der Waals surface area contributed by atoms with Gasteiger partial charge in [0.25, 0.3) is 0 Å². The minimum atomic E-state index is -4.38. The molecule has 0 aliphatic carbocycles. The van der Waals surface area contributed by atoms with Crippen molar-refractivity contribution < 1.29 is 22.7 Å². The number of hydrogen-bond acceptors (Lipinski definition) is 8. The summed E-state index contributed by atoms with van der Waals surface area (Å²) in [5.41, 5.74) is 1.18. The molecule has 2 saturated heterocycles. The Morgan fingerprint density at radius 1 is 0.974 bits per heavy atom. The first-order valence-electron chi connectivity index (χ1n) is 13.3. The van der Waals surface area contributed by atoms with E-state index >= 15 is 0 Å². The van der Waals surface area contributed by atoms with Gasteiger partial charge in [-0.15, -0.1) is 0 Å². The second kappa shape index (κ2) is 12.2. The third-order valence-corrected chi connectivity index (χ3v) is 6.98. The maximum Gasteiger partial charge on any atom is 0.416 e. The molecule has 2 aliphatic heterocycles. The highest BCUT2D eigenvalue weighted by molar-refractivity contribution is 5.84. The van der Waals surface area contributed by atoms with Crippen molar-refractivity contribution in [1.82, 2.24) is 29.3 Å². The van der Waals surface area contributed by atoms with Crippen LogP contribution in [0.1, 0.15) is 30.4 Å². The summed E-state index contributed by atoms with van der Waals surface area (Å²) in [6.45, 7) is 7.10. The smallest absolute Gasteiger partial charge is 0.379 e. The maximum absolute atomic E-state index is 13.0. The van der Waals surface area contributed by atoms with Crippen LogP contribution in [0.25, 0.3) is 11.2 Å². The monoisotopic (exact) mass is 546 g/mol. The van der Waals surface area contributed by atoms with E-state index in [1.165, 1.54) is 12.1 Å². The number of morpholine rings is 1. The molecule has 13 heteroatoms. The molecule has 5 rings (SSSR count). The fourth-order valence-electron chi connectivity index (χ4n) is 4.83. The summed E-state index contributed by atoms with van der Waals surface area (Å²) >= 11 is 0. The van der Waals surface area contributed by atoms with Crippen LogP contribution in [0.3, 0.4) is 0 Å². The van der Waals surface area contributed by atoms with Gasteiger partial charge in [0, 0.05) is 52.2 Å². The number of fused-ring (bicyclic) bond motifs is 1. The molecule has 0 radical (unpaired) electrons. The average Bonchev–Trinajstić information content (AvgIpc) is 3.52. The normalized spacial score (nSPS) is 16.8. The molecule has 3 aromatic rings. The number of halogens is 3. The molecule has 2 fully saturated rings. The van der Waals surface area contributed by atoms with E-state index in [0.717, 1.165) is 64.4 Å². The standard InChI is InChI=1S/C26H33F3N8O2/c27-26(28,29)20-6-4-19(5-7-20)17-37-18-32-22-23(30-8-2-11-36-10-1-3-21(36)38)33-25(34-24(22)37)31-9-12-35-13-15-39-16-14-35/h4-7,18H,1-3,8-17H2,(H2,30,31,33,34). The van der Waals surface area contributed by atoms with Gasteiger partial charge in [0.05, 0.1) is 31.6 Å². The lowest BCUT2D eigenvalue weighted by Gasteiger charge is -2.26. The second-order valence-corrected chi connectivity index (χ2v) is 9.78. The summed E-state index contributed by atoms with van der Waals surface area (Å²) in [4.78, 5) is 30.0. The van der Waals surface area contributed by atoms with Crippen LogP contribution in [0, 0.1) is 0 Å². The number of carbonyl (C=O) groups excluding carboxylic acids is 1. The SMILES string of the molecule is O=C1CCCN1CCCNc1nc(NCCN2CCOCC2)nc2c1ncn2Cc1ccc(C(F)(F)F)cc1. The lowest BCUT2D eigenvalue weighted by molar-refractivity contribution is -0.137. The molecule has 0 saturated carbocycles. The molecule has 1 aromatic carbocycles. The van der Waals surface area contributed by atoms with Gasteiger partial charge in [-0.05, 0) is 30.5 Å². The first-order chi connectivity index (χ1) is 18.9. The van der Waals surface area contributed by atoms with Crippen LogP contribution < -0.4 is 10.6 Å². The van der Waals surface area contributed by atoms with E-state index in [0.29, 0.717) is 61.1 Å². The lowest BCUT2D eigenvalue weighted by Crippen LogP contribution is -2.39. The van der Waals surface area contributed by atoms with E-state index in [-0.39, 0.29) is 5.91 Å². The zero-order valence-corrected chi connectivity index (χ0v) is 21.7. The number of rotatable bonds is 11. The van der Waals surface area contributed by atoms with E-state index in [2.05, 4.69) is 25.5 Å². The molecule has 2 aromatic heterocycles. The van der Waals surface area contributed by atoms with Gasteiger partial charge in [0.2, 0.25) is 11.9 Å². The van der Waals surface area contributed by atoms with Crippen molar-refractivity contribution in [1.29, 1.82) is 0 Å². The Kier molecular flexibility index (Phi) is 8.46. The van der Waals surface area contributed by atoms with E-state index in [9.17, 15) is 18.0 Å². The van der Waals surface area contributed by atoms with Crippen LogP contribution in [0.5, 0.6) is 0 Å². The van der Waals surface area contributed by atoms with Gasteiger partial charge in [0.1, 0.15) is 0 Å². The predicted octanol–water partition coefficient (Wildman–Crippen LogP) is 3.06. The van der Waals surface area contributed by atoms with Gasteiger partial charge in [-0.1, -0.05) is 12.1 Å². The van der Waals surface area contributed by atoms with Crippen LogP contribution >= 0.6 is 0 Å². The molecule has 0 atom stereocenters. The van der Waals surface area contributed by atoms with Crippen LogP contribution in [0.4, 0.5) is 24.9 Å². The van der Waals surface area contributed by atoms with Crippen LogP contribution in [0.2, 0.25) is 0 Å². The van der Waals surface area contributed by atoms with Gasteiger partial charge >= 0.3 is 6.18 Å². The fraction of sp³-hybridized carbons (Fsp3) is 0.538. The summed E-state index contributed by atoms with van der Waals surface area (Å²) in [5.74, 6) is 1.23. The van der Waals surface area contributed by atoms with E-state index in [1.807, 2.05) is 4.90 Å². The number of alkyl halides is 3. The summed E-state index contributed by atoms with van der Waals surface area (Å²) in [6.07, 6.45) is -0.450. The third kappa shape index (κ3) is 6.95. The van der Waals surface area contributed by atoms with E-state index in [4.69, 9.17) is 9.72 Å². The number of imidazole rings is 1. The molecule has 4 heterocycles. The minimum absolute atomic E-state index is 0.202. The van der Waals surface area contributed by atoms with Crippen molar-refractivity contribution in [2.24, 2.45) is 0 Å². The molecule has 0 spiro atoms. The number of nitrogens with one attached hydrogen (secondary N) is 2. The Morgan fingerprint density at radius 2 is 1.77 bits per heavy atom. The van der Waals surface area contributed by atoms with Crippen LogP contribution in [-0.2, 0) is 22.3 Å². The number of amides is 1. The minimum Gasteiger partial charge on any atom is -0.379 e. The molecular weight excluding hydrogens is 513 g/mol. The third-order valence-electron chi connectivity index (χ3n) is 6.98. The van der Waals surface area contributed by atoms with Gasteiger partial charge in [-0.2, -0.15) is 23.1 Å².